The van der Waals surface area contributed by atoms with Crippen LogP contribution in [0.4, 0.5) is 0 Å². The van der Waals surface area contributed by atoms with Crippen LogP contribution in [0.2, 0.25) is 0 Å². The zero-order valence-electron chi connectivity index (χ0n) is 7.86. The third kappa shape index (κ3) is 2.23. The molecule has 0 aliphatic heterocycles. The fourth-order valence-electron chi connectivity index (χ4n) is 1.19. The Morgan fingerprint density at radius 1 is 1.46 bits per heavy atom. The monoisotopic (exact) mass is 179 g/mol. The van der Waals surface area contributed by atoms with Gasteiger partial charge in [-0.05, 0) is 18.9 Å². The maximum absolute atomic E-state index is 8.98. The maximum Gasteiger partial charge on any atom is 0.490 e. The summed E-state index contributed by atoms with van der Waals surface area (Å²) in [4.78, 5) is 0. The Labute approximate surface area is 78.4 Å². The van der Waals surface area contributed by atoms with Gasteiger partial charge in [-0.1, -0.05) is 24.6 Å². The van der Waals surface area contributed by atoms with E-state index in [0.717, 1.165) is 5.57 Å². The van der Waals surface area contributed by atoms with E-state index < -0.39 is 7.12 Å². The van der Waals surface area contributed by atoms with Crippen LogP contribution in [0.15, 0.2) is 35.0 Å². The highest BCUT2D eigenvalue weighted by molar-refractivity contribution is 6.52. The van der Waals surface area contributed by atoms with Crippen LogP contribution < -0.4 is 5.73 Å². The number of rotatable bonds is 1. The van der Waals surface area contributed by atoms with Crippen molar-refractivity contribution >= 4 is 7.12 Å². The van der Waals surface area contributed by atoms with Crippen molar-refractivity contribution in [3.63, 3.8) is 0 Å². The molecule has 0 fully saturated rings. The van der Waals surface area contributed by atoms with Gasteiger partial charge in [0.15, 0.2) is 0 Å². The van der Waals surface area contributed by atoms with Crippen LogP contribution in [0.5, 0.6) is 0 Å². The van der Waals surface area contributed by atoms with Crippen molar-refractivity contribution in [3.8, 4) is 0 Å². The number of hydrogen-bond acceptors (Lipinski definition) is 3. The second kappa shape index (κ2) is 3.81. The molecule has 1 atom stereocenters. The molecule has 3 nitrogen and oxygen atoms in total. The van der Waals surface area contributed by atoms with E-state index in [-0.39, 0.29) is 5.92 Å². The molecule has 1 rings (SSSR count). The SMILES string of the molecule is CC1=CC(N)=C(B(O)O)C=CC1C. The van der Waals surface area contributed by atoms with Crippen LogP contribution in [0, 0.1) is 5.92 Å². The van der Waals surface area contributed by atoms with Gasteiger partial charge in [-0.3, -0.25) is 0 Å². The van der Waals surface area contributed by atoms with Gasteiger partial charge in [0.1, 0.15) is 0 Å². The van der Waals surface area contributed by atoms with E-state index in [1.165, 1.54) is 0 Å². The van der Waals surface area contributed by atoms with E-state index >= 15 is 0 Å². The summed E-state index contributed by atoms with van der Waals surface area (Å²) in [6, 6.07) is 0. The largest absolute Gasteiger partial charge is 0.490 e. The molecule has 0 saturated carbocycles. The van der Waals surface area contributed by atoms with Gasteiger partial charge in [-0.15, -0.1) is 0 Å². The van der Waals surface area contributed by atoms with Crippen molar-refractivity contribution < 1.29 is 10.0 Å². The van der Waals surface area contributed by atoms with Crippen LogP contribution in [0.1, 0.15) is 13.8 Å². The fraction of sp³-hybridized carbons (Fsp3) is 0.333. The summed E-state index contributed by atoms with van der Waals surface area (Å²) in [6.07, 6.45) is 5.34. The van der Waals surface area contributed by atoms with E-state index in [2.05, 4.69) is 0 Å². The summed E-state index contributed by atoms with van der Waals surface area (Å²) < 4.78 is 0. The summed E-state index contributed by atoms with van der Waals surface area (Å²) in [6.45, 7) is 4.00. The molecule has 1 aliphatic rings. The van der Waals surface area contributed by atoms with Crippen LogP contribution in [0.25, 0.3) is 0 Å². The molecule has 0 heterocycles. The molecule has 70 valence electrons. The molecule has 0 aromatic carbocycles. The molecule has 4 N–H and O–H groups in total. The highest BCUT2D eigenvalue weighted by Crippen LogP contribution is 2.19. The Kier molecular flexibility index (Phi) is 2.96. The number of nitrogens with two attached hydrogens (primary N) is 1. The van der Waals surface area contributed by atoms with Gasteiger partial charge in [0.2, 0.25) is 0 Å². The second-order valence-corrected chi connectivity index (χ2v) is 3.32. The van der Waals surface area contributed by atoms with Gasteiger partial charge in [0, 0.05) is 11.2 Å². The lowest BCUT2D eigenvalue weighted by Crippen LogP contribution is -2.18. The van der Waals surface area contributed by atoms with Crippen LogP contribution >= 0.6 is 0 Å². The zero-order chi connectivity index (χ0) is 10.0. The second-order valence-electron chi connectivity index (χ2n) is 3.32. The quantitative estimate of drug-likeness (QED) is 0.509. The Bertz CT molecular complexity index is 292. The van der Waals surface area contributed by atoms with E-state index in [9.17, 15) is 0 Å². The smallest absolute Gasteiger partial charge is 0.423 e. The molecule has 0 spiro atoms. The molecule has 0 aromatic heterocycles. The number of hydrogen-bond donors (Lipinski definition) is 3. The normalized spacial score (nSPS) is 22.8. The molecule has 13 heavy (non-hydrogen) atoms. The van der Waals surface area contributed by atoms with Crippen molar-refractivity contribution in [3.05, 3.63) is 35.0 Å². The molecule has 4 heteroatoms. The lowest BCUT2D eigenvalue weighted by Gasteiger charge is -2.03. The Hall–Kier alpha value is -0.995. The zero-order valence-corrected chi connectivity index (χ0v) is 7.86. The maximum atomic E-state index is 8.98. The molecule has 0 amide bonds. The first-order valence-electron chi connectivity index (χ1n) is 4.24. The first-order valence-corrected chi connectivity index (χ1v) is 4.24. The predicted molar refractivity (Wildman–Crippen MR) is 53.5 cm³/mol. The average Bonchev–Trinajstić information content (AvgIpc) is 2.13. The van der Waals surface area contributed by atoms with Gasteiger partial charge in [-0.25, -0.2) is 0 Å². The first kappa shape index (κ1) is 10.1. The van der Waals surface area contributed by atoms with Crippen molar-refractivity contribution in [1.82, 2.24) is 0 Å². The predicted octanol–water partition coefficient (Wildman–Crippen LogP) is 0.363. The topological polar surface area (TPSA) is 66.5 Å². The first-order chi connectivity index (χ1) is 6.02. The van der Waals surface area contributed by atoms with Gasteiger partial charge in [-0.2, -0.15) is 0 Å². The Balaban J connectivity index is 3.08. The van der Waals surface area contributed by atoms with E-state index in [4.69, 9.17) is 15.8 Å². The van der Waals surface area contributed by atoms with Crippen LogP contribution in [-0.2, 0) is 0 Å². The van der Waals surface area contributed by atoms with Gasteiger partial charge < -0.3 is 15.8 Å². The summed E-state index contributed by atoms with van der Waals surface area (Å²) in [7, 11) is -1.49. The van der Waals surface area contributed by atoms with Crippen LogP contribution in [0.3, 0.4) is 0 Å². The van der Waals surface area contributed by atoms with Crippen LogP contribution in [-0.4, -0.2) is 17.2 Å². The van der Waals surface area contributed by atoms with Crippen molar-refractivity contribution in [2.75, 3.05) is 0 Å². The summed E-state index contributed by atoms with van der Waals surface area (Å²) in [5.74, 6) is 0.287. The molecular weight excluding hydrogens is 165 g/mol. The third-order valence-corrected chi connectivity index (χ3v) is 2.28. The summed E-state index contributed by atoms with van der Waals surface area (Å²) >= 11 is 0. The van der Waals surface area contributed by atoms with E-state index in [1.54, 1.807) is 12.2 Å². The van der Waals surface area contributed by atoms with Crippen molar-refractivity contribution in [2.24, 2.45) is 11.7 Å². The van der Waals surface area contributed by atoms with E-state index in [0.29, 0.717) is 11.2 Å². The van der Waals surface area contributed by atoms with E-state index in [1.807, 2.05) is 19.9 Å². The molecule has 0 aromatic rings. The molecule has 0 bridgehead atoms. The van der Waals surface area contributed by atoms with Gasteiger partial charge in [0.25, 0.3) is 0 Å². The van der Waals surface area contributed by atoms with Gasteiger partial charge in [0.05, 0.1) is 0 Å². The Morgan fingerprint density at radius 3 is 2.62 bits per heavy atom. The van der Waals surface area contributed by atoms with Crippen molar-refractivity contribution in [2.45, 2.75) is 13.8 Å². The fourth-order valence-corrected chi connectivity index (χ4v) is 1.19. The minimum Gasteiger partial charge on any atom is -0.423 e. The standard InChI is InChI=1S/C9H14BNO2/c1-6-3-4-8(10(12)13)9(11)5-7(6)2/h3-6,12-13H,11H2,1-2H3. The lowest BCUT2D eigenvalue weighted by atomic mass is 9.78. The third-order valence-electron chi connectivity index (χ3n) is 2.28. The molecular formula is C9H14BNO2. The molecule has 1 aliphatic carbocycles. The minimum absolute atomic E-state index is 0.287. The summed E-state index contributed by atoms with van der Waals surface area (Å²) in [5.41, 5.74) is 7.57. The summed E-state index contributed by atoms with van der Waals surface area (Å²) in [5, 5.41) is 18.0. The number of allylic oxidation sites excluding steroid dienone is 5. The average molecular weight is 179 g/mol. The van der Waals surface area contributed by atoms with Crippen molar-refractivity contribution in [1.29, 1.82) is 0 Å². The Morgan fingerprint density at radius 2 is 2.08 bits per heavy atom. The highest BCUT2D eigenvalue weighted by Gasteiger charge is 2.17. The minimum atomic E-state index is -1.49. The molecule has 0 radical (unpaired) electrons. The lowest BCUT2D eigenvalue weighted by molar-refractivity contribution is 0.420. The highest BCUT2D eigenvalue weighted by atomic mass is 16.4. The molecule has 0 saturated heterocycles. The van der Waals surface area contributed by atoms with Gasteiger partial charge >= 0.3 is 7.12 Å². The molecule has 1 unspecified atom stereocenters.